The molecule has 0 aromatic heterocycles. The molecule has 2 aromatic rings. The van der Waals surface area contributed by atoms with Gasteiger partial charge in [-0.2, -0.15) is 0 Å². The van der Waals surface area contributed by atoms with E-state index in [9.17, 15) is 14.7 Å². The highest BCUT2D eigenvalue weighted by molar-refractivity contribution is 5.78. The first-order chi connectivity index (χ1) is 19.9. The second-order valence-electron chi connectivity index (χ2n) is 12.4. The quantitative estimate of drug-likeness (QED) is 0.391. The molecule has 0 saturated carbocycles. The summed E-state index contributed by atoms with van der Waals surface area (Å²) in [5.41, 5.74) is 1.50. The number of carbonyl (C=O) groups is 2. The van der Waals surface area contributed by atoms with Gasteiger partial charge in [-0.3, -0.25) is 20.2 Å². The van der Waals surface area contributed by atoms with Gasteiger partial charge in [0, 0.05) is 32.1 Å². The molecule has 3 aliphatic heterocycles. The van der Waals surface area contributed by atoms with Crippen molar-refractivity contribution in [3.8, 4) is 0 Å². The number of carbonyl (C=O) groups excluding carboxylic acids is 2. The molecule has 41 heavy (non-hydrogen) atoms. The molecule has 0 spiro atoms. The van der Waals surface area contributed by atoms with Crippen LogP contribution < -0.4 is 10.6 Å². The number of likely N-dealkylation sites (tertiary alicyclic amines) is 2. The molecule has 3 aliphatic rings. The van der Waals surface area contributed by atoms with E-state index in [2.05, 4.69) is 58.9 Å². The number of piperidine rings is 1. The molecular formula is C33H47N5O3. The van der Waals surface area contributed by atoms with E-state index >= 15 is 0 Å². The number of hydrogen-bond donors (Lipinski definition) is 3. The van der Waals surface area contributed by atoms with Crippen molar-refractivity contribution in [2.24, 2.45) is 0 Å². The Morgan fingerprint density at radius 3 is 2.34 bits per heavy atom. The molecular weight excluding hydrogens is 514 g/mol. The Balaban J connectivity index is 1.08. The average molecular weight is 562 g/mol. The summed E-state index contributed by atoms with van der Waals surface area (Å²) in [6.45, 7) is 7.11. The van der Waals surface area contributed by atoms with Crippen LogP contribution in [0.5, 0.6) is 0 Å². The molecule has 3 N–H and O–H groups in total. The second-order valence-corrected chi connectivity index (χ2v) is 12.4. The summed E-state index contributed by atoms with van der Waals surface area (Å²) < 4.78 is 0. The van der Waals surface area contributed by atoms with Gasteiger partial charge < -0.3 is 19.8 Å². The predicted molar refractivity (Wildman–Crippen MR) is 161 cm³/mol. The zero-order chi connectivity index (χ0) is 28.7. The Bertz CT molecular complexity index is 1120. The van der Waals surface area contributed by atoms with Gasteiger partial charge in [-0.15, -0.1) is 0 Å². The average Bonchev–Trinajstić information content (AvgIpc) is 3.49. The minimum absolute atomic E-state index is 0.0597. The van der Waals surface area contributed by atoms with Gasteiger partial charge in [0.2, 0.25) is 11.8 Å². The number of hydrogen-bond acceptors (Lipinski definition) is 6. The van der Waals surface area contributed by atoms with Gasteiger partial charge >= 0.3 is 0 Å². The van der Waals surface area contributed by atoms with Crippen LogP contribution in [0.1, 0.15) is 62.5 Å². The zero-order valence-corrected chi connectivity index (χ0v) is 24.5. The lowest BCUT2D eigenvalue weighted by molar-refractivity contribution is -0.145. The van der Waals surface area contributed by atoms with Crippen LogP contribution in [-0.2, 0) is 16.0 Å². The lowest BCUT2D eigenvalue weighted by Gasteiger charge is -2.43. The third-order valence-corrected chi connectivity index (χ3v) is 9.08. The highest BCUT2D eigenvalue weighted by Crippen LogP contribution is 2.27. The van der Waals surface area contributed by atoms with Gasteiger partial charge in [0.05, 0.1) is 31.4 Å². The van der Waals surface area contributed by atoms with E-state index < -0.39 is 5.60 Å². The zero-order valence-electron chi connectivity index (χ0n) is 24.5. The molecule has 0 aliphatic carbocycles. The van der Waals surface area contributed by atoms with Crippen molar-refractivity contribution in [1.29, 1.82) is 0 Å². The van der Waals surface area contributed by atoms with E-state index in [0.717, 1.165) is 26.1 Å². The number of benzene rings is 2. The largest absolute Gasteiger partial charge is 0.388 e. The van der Waals surface area contributed by atoms with Gasteiger partial charge in [0.1, 0.15) is 0 Å². The van der Waals surface area contributed by atoms with Crippen LogP contribution in [0.3, 0.4) is 0 Å². The molecule has 8 heteroatoms. The smallest absolute Gasteiger partial charge is 0.226 e. The molecule has 3 atom stereocenters. The van der Waals surface area contributed by atoms with Crippen LogP contribution in [0.25, 0.3) is 0 Å². The van der Waals surface area contributed by atoms with Crippen molar-refractivity contribution in [2.45, 2.75) is 75.6 Å². The molecule has 0 bridgehead atoms. The van der Waals surface area contributed by atoms with Gasteiger partial charge in [-0.1, -0.05) is 67.6 Å². The molecule has 1 unspecified atom stereocenters. The van der Waals surface area contributed by atoms with E-state index in [-0.39, 0.29) is 29.9 Å². The van der Waals surface area contributed by atoms with Crippen molar-refractivity contribution in [1.82, 2.24) is 25.3 Å². The summed E-state index contributed by atoms with van der Waals surface area (Å²) >= 11 is 0. The number of nitrogens with zero attached hydrogens (tertiary/aromatic N) is 3. The maximum atomic E-state index is 13.2. The molecule has 3 saturated heterocycles. The summed E-state index contributed by atoms with van der Waals surface area (Å²) in [5, 5.41) is 18.6. The van der Waals surface area contributed by atoms with E-state index in [1.807, 2.05) is 29.2 Å². The maximum absolute atomic E-state index is 13.2. The number of rotatable bonds is 11. The summed E-state index contributed by atoms with van der Waals surface area (Å²) in [4.78, 5) is 32.3. The third-order valence-electron chi connectivity index (χ3n) is 9.08. The lowest BCUT2D eigenvalue weighted by atomic mass is 9.89. The summed E-state index contributed by atoms with van der Waals surface area (Å²) in [6.07, 6.45) is 5.15. The van der Waals surface area contributed by atoms with Crippen LogP contribution in [0.2, 0.25) is 0 Å². The second kappa shape index (κ2) is 13.9. The molecule has 3 heterocycles. The Morgan fingerprint density at radius 1 is 1.02 bits per heavy atom. The first-order valence-electron chi connectivity index (χ1n) is 15.5. The van der Waals surface area contributed by atoms with E-state index in [0.29, 0.717) is 52.0 Å². The van der Waals surface area contributed by atoms with E-state index in [4.69, 9.17) is 0 Å². The molecule has 8 nitrogen and oxygen atoms in total. The van der Waals surface area contributed by atoms with E-state index in [1.165, 1.54) is 24.0 Å². The monoisotopic (exact) mass is 561 g/mol. The van der Waals surface area contributed by atoms with Crippen molar-refractivity contribution >= 4 is 11.8 Å². The fourth-order valence-electron chi connectivity index (χ4n) is 6.56. The van der Waals surface area contributed by atoms with Crippen molar-refractivity contribution < 1.29 is 14.7 Å². The minimum Gasteiger partial charge on any atom is -0.388 e. The Kier molecular flexibility index (Phi) is 10.1. The highest BCUT2D eigenvalue weighted by atomic mass is 16.3. The molecule has 2 aromatic carbocycles. The van der Waals surface area contributed by atoms with Crippen LogP contribution >= 0.6 is 0 Å². The minimum atomic E-state index is -0.967. The first kappa shape index (κ1) is 29.7. The molecule has 5 rings (SSSR count). The summed E-state index contributed by atoms with van der Waals surface area (Å²) in [5.74, 6) is 0.349. The Morgan fingerprint density at radius 2 is 1.68 bits per heavy atom. The third kappa shape index (κ3) is 8.38. The van der Waals surface area contributed by atoms with Gasteiger partial charge in [-0.25, -0.2) is 0 Å². The SMILES string of the molecule is C[C@H](CC(=O)N1CCC(O)(CN2CNC(N[C@@H](Cc3ccccc3)CN3CCCC3)CC2=O)CC1)c1ccccc1. The standard InChI is InChI=1S/C33H47N5O3/c1-26(28-12-6-3-7-13-28)20-31(39)37-18-14-33(41,15-19-37)24-38-25-34-30(22-32(38)40)35-29(23-36-16-8-9-17-36)21-27-10-4-2-5-11-27/h2-7,10-13,26,29-30,34-35,41H,8-9,14-25H2,1H3/t26-,29+,30?/m1/s1. The van der Waals surface area contributed by atoms with Crippen LogP contribution in [0, 0.1) is 0 Å². The van der Waals surface area contributed by atoms with E-state index in [1.54, 1.807) is 4.90 Å². The van der Waals surface area contributed by atoms with Crippen LogP contribution in [0.4, 0.5) is 0 Å². The fraction of sp³-hybridized carbons (Fsp3) is 0.576. The maximum Gasteiger partial charge on any atom is 0.226 e. The fourth-order valence-corrected chi connectivity index (χ4v) is 6.56. The first-order valence-corrected chi connectivity index (χ1v) is 15.5. The molecule has 3 fully saturated rings. The van der Waals surface area contributed by atoms with Gasteiger partial charge in [0.15, 0.2) is 0 Å². The predicted octanol–water partition coefficient (Wildman–Crippen LogP) is 2.94. The summed E-state index contributed by atoms with van der Waals surface area (Å²) in [7, 11) is 0. The van der Waals surface area contributed by atoms with Gasteiger partial charge in [0.25, 0.3) is 0 Å². The number of β-amino-alcohol motifs (C(OH)–C–C–N with tert-alkyl or cyclic N) is 1. The number of nitrogens with one attached hydrogen (secondary N) is 2. The molecule has 222 valence electrons. The Hall–Kier alpha value is -2.78. The Labute approximate surface area is 245 Å². The van der Waals surface area contributed by atoms with Crippen molar-refractivity contribution in [3.05, 3.63) is 71.8 Å². The van der Waals surface area contributed by atoms with Gasteiger partial charge in [-0.05, 0) is 62.2 Å². The molecule has 2 amide bonds. The molecule has 0 radical (unpaired) electrons. The van der Waals surface area contributed by atoms with Crippen LogP contribution in [-0.4, -0.2) is 95.4 Å². The number of amides is 2. The highest BCUT2D eigenvalue weighted by Gasteiger charge is 2.38. The van der Waals surface area contributed by atoms with Crippen molar-refractivity contribution in [3.63, 3.8) is 0 Å². The number of aliphatic hydroxyl groups is 1. The van der Waals surface area contributed by atoms with Crippen LogP contribution in [0.15, 0.2) is 60.7 Å². The summed E-state index contributed by atoms with van der Waals surface area (Å²) in [6, 6.07) is 20.9. The topological polar surface area (TPSA) is 88.2 Å². The van der Waals surface area contributed by atoms with Crippen molar-refractivity contribution in [2.75, 3.05) is 45.9 Å². The normalized spacial score (nSPS) is 23.0. The lowest BCUT2D eigenvalue weighted by Crippen LogP contribution is -2.62.